The topological polar surface area (TPSA) is 89.4 Å². The number of halogens is 3. The van der Waals surface area contributed by atoms with Crippen molar-refractivity contribution in [1.82, 2.24) is 15.5 Å². The largest absolute Gasteiger partial charge is 0.492 e. The number of H-pyrrole nitrogens is 1. The van der Waals surface area contributed by atoms with Crippen LogP contribution in [0.4, 0.5) is 4.39 Å². The van der Waals surface area contributed by atoms with Crippen molar-refractivity contribution in [2.24, 2.45) is 5.92 Å². The number of hydrogen-bond donors (Lipinski definition) is 2. The summed E-state index contributed by atoms with van der Waals surface area (Å²) in [6.45, 7) is 2.05. The van der Waals surface area contributed by atoms with Crippen molar-refractivity contribution in [1.29, 1.82) is 0 Å². The number of rotatable bonds is 5. The van der Waals surface area contributed by atoms with E-state index in [0.29, 0.717) is 29.7 Å². The average molecular weight is 454 g/mol. The van der Waals surface area contributed by atoms with Gasteiger partial charge >= 0.3 is 5.76 Å². The van der Waals surface area contributed by atoms with Crippen molar-refractivity contribution < 1.29 is 18.4 Å². The van der Waals surface area contributed by atoms with Gasteiger partial charge in [-0.25, -0.2) is 9.18 Å². The Balaban J connectivity index is 1.59. The van der Waals surface area contributed by atoms with E-state index in [1.54, 1.807) is 18.2 Å². The Hall–Kier alpha value is -2.39. The third-order valence-corrected chi connectivity index (χ3v) is 5.53. The molecule has 2 unspecified atom stereocenters. The van der Waals surface area contributed by atoms with Gasteiger partial charge in [0.2, 0.25) is 0 Å². The molecule has 1 fully saturated rings. The highest BCUT2D eigenvalue weighted by atomic mass is 35.5. The van der Waals surface area contributed by atoms with Crippen molar-refractivity contribution in [3.8, 4) is 17.1 Å². The zero-order chi connectivity index (χ0) is 21.1. The van der Waals surface area contributed by atoms with Gasteiger partial charge < -0.3 is 14.8 Å². The third-order valence-electron chi connectivity index (χ3n) is 4.79. The molecule has 4 rings (SSSR count). The molecule has 0 radical (unpaired) electrons. The van der Waals surface area contributed by atoms with E-state index in [-0.39, 0.29) is 35.8 Å². The maximum atomic E-state index is 14.5. The minimum Gasteiger partial charge on any atom is -0.492 e. The van der Waals surface area contributed by atoms with E-state index in [1.807, 2.05) is 6.07 Å². The van der Waals surface area contributed by atoms with Crippen LogP contribution in [0.15, 0.2) is 45.7 Å². The lowest BCUT2D eigenvalue weighted by Crippen LogP contribution is -2.29. The Morgan fingerprint density at radius 1 is 1.23 bits per heavy atom. The van der Waals surface area contributed by atoms with Gasteiger partial charge in [0.15, 0.2) is 5.82 Å². The highest BCUT2D eigenvalue weighted by Gasteiger charge is 2.28. The highest BCUT2D eigenvalue weighted by Crippen LogP contribution is 2.34. The SMILES string of the molecule is O=c1[nH]c(-c2c(F)cccc2OCC2CNCCOC2c2ccc(Cl)c(Cl)c2)no1. The van der Waals surface area contributed by atoms with Crippen LogP contribution in [0, 0.1) is 11.7 Å². The lowest BCUT2D eigenvalue weighted by atomic mass is 9.96. The van der Waals surface area contributed by atoms with Crippen LogP contribution >= 0.6 is 23.2 Å². The number of benzene rings is 2. The van der Waals surface area contributed by atoms with Gasteiger partial charge in [-0.3, -0.25) is 9.51 Å². The molecule has 1 saturated heterocycles. The first-order valence-electron chi connectivity index (χ1n) is 9.28. The number of nitrogens with zero attached hydrogens (tertiary/aromatic N) is 1. The van der Waals surface area contributed by atoms with Crippen molar-refractivity contribution in [3.05, 3.63) is 68.4 Å². The molecule has 30 heavy (non-hydrogen) atoms. The molecule has 0 aliphatic carbocycles. The van der Waals surface area contributed by atoms with E-state index >= 15 is 0 Å². The molecule has 1 aliphatic heterocycles. The summed E-state index contributed by atoms with van der Waals surface area (Å²) in [4.78, 5) is 13.6. The van der Waals surface area contributed by atoms with Gasteiger partial charge in [-0.1, -0.05) is 40.5 Å². The maximum Gasteiger partial charge on any atom is 0.439 e. The summed E-state index contributed by atoms with van der Waals surface area (Å²) < 4.78 is 30.9. The first kappa shape index (κ1) is 20.9. The quantitative estimate of drug-likeness (QED) is 0.609. The zero-order valence-electron chi connectivity index (χ0n) is 15.7. The molecule has 2 N–H and O–H groups in total. The monoisotopic (exact) mass is 453 g/mol. The standard InChI is InChI=1S/C20H18Cl2FN3O4/c21-13-5-4-11(8-14(13)22)18-12(9-24-6-7-28-18)10-29-16-3-1-2-15(23)17(16)19-25-20(27)30-26-19/h1-5,8,12,18,24H,6-7,9-10H2,(H,25,26,27). The second-order valence-corrected chi connectivity index (χ2v) is 7.61. The van der Waals surface area contributed by atoms with E-state index in [0.717, 1.165) is 5.56 Å². The lowest BCUT2D eigenvalue weighted by Gasteiger charge is -2.26. The molecule has 2 heterocycles. The minimum absolute atomic E-state index is 0.0249. The Bertz CT molecular complexity index is 1090. The summed E-state index contributed by atoms with van der Waals surface area (Å²) in [6.07, 6.45) is -0.293. The predicted molar refractivity (Wildman–Crippen MR) is 110 cm³/mol. The summed E-state index contributed by atoms with van der Waals surface area (Å²) >= 11 is 12.2. The first-order valence-corrected chi connectivity index (χ1v) is 10.0. The summed E-state index contributed by atoms with van der Waals surface area (Å²) in [5.41, 5.74) is 0.902. The van der Waals surface area contributed by atoms with E-state index in [9.17, 15) is 9.18 Å². The van der Waals surface area contributed by atoms with Crippen LogP contribution in [-0.2, 0) is 4.74 Å². The Morgan fingerprint density at radius 2 is 2.10 bits per heavy atom. The van der Waals surface area contributed by atoms with Crippen LogP contribution < -0.4 is 15.8 Å². The molecule has 0 spiro atoms. The second kappa shape index (κ2) is 9.18. The molecule has 158 valence electrons. The molecule has 7 nitrogen and oxygen atoms in total. The highest BCUT2D eigenvalue weighted by molar-refractivity contribution is 6.42. The summed E-state index contributed by atoms with van der Waals surface area (Å²) in [6, 6.07) is 9.75. The molecule has 1 aliphatic rings. The fraction of sp³-hybridized carbons (Fsp3) is 0.300. The van der Waals surface area contributed by atoms with Gasteiger partial charge in [0.1, 0.15) is 11.6 Å². The van der Waals surface area contributed by atoms with Gasteiger partial charge in [0, 0.05) is 19.0 Å². The van der Waals surface area contributed by atoms with Crippen molar-refractivity contribution in [2.45, 2.75) is 6.10 Å². The van der Waals surface area contributed by atoms with Crippen molar-refractivity contribution >= 4 is 23.2 Å². The maximum absolute atomic E-state index is 14.5. The van der Waals surface area contributed by atoms with Gasteiger partial charge in [-0.15, -0.1) is 0 Å². The number of aromatic amines is 1. The Morgan fingerprint density at radius 3 is 2.87 bits per heavy atom. The van der Waals surface area contributed by atoms with Crippen molar-refractivity contribution in [2.75, 3.05) is 26.3 Å². The summed E-state index contributed by atoms with van der Waals surface area (Å²) in [5.74, 6) is -1.27. The average Bonchev–Trinajstić information content (AvgIpc) is 3.01. The molecule has 1 aromatic heterocycles. The molecule has 2 atom stereocenters. The summed E-state index contributed by atoms with van der Waals surface area (Å²) in [7, 11) is 0. The fourth-order valence-electron chi connectivity index (χ4n) is 3.38. The fourth-order valence-corrected chi connectivity index (χ4v) is 3.69. The molecular formula is C20H18Cl2FN3O4. The van der Waals surface area contributed by atoms with Gasteiger partial charge in [-0.2, -0.15) is 0 Å². The zero-order valence-corrected chi connectivity index (χ0v) is 17.2. The van der Waals surface area contributed by atoms with Crippen LogP contribution in [0.25, 0.3) is 11.4 Å². The van der Waals surface area contributed by atoms with E-state index in [2.05, 4.69) is 20.0 Å². The van der Waals surface area contributed by atoms with E-state index in [1.165, 1.54) is 12.1 Å². The Labute approximate surface area is 181 Å². The minimum atomic E-state index is -0.778. The third kappa shape index (κ3) is 4.52. The smallest absolute Gasteiger partial charge is 0.439 e. The van der Waals surface area contributed by atoms with Gasteiger partial charge in [0.25, 0.3) is 0 Å². The number of aromatic nitrogens is 2. The number of nitrogens with one attached hydrogen (secondary N) is 2. The molecule has 0 bridgehead atoms. The molecular weight excluding hydrogens is 436 g/mol. The van der Waals surface area contributed by atoms with E-state index in [4.69, 9.17) is 32.7 Å². The molecule has 3 aromatic rings. The molecule has 0 saturated carbocycles. The van der Waals surface area contributed by atoms with Crippen LogP contribution in [-0.4, -0.2) is 36.4 Å². The normalized spacial score (nSPS) is 19.4. The van der Waals surface area contributed by atoms with Crippen LogP contribution in [0.2, 0.25) is 10.0 Å². The number of hydrogen-bond acceptors (Lipinski definition) is 6. The predicted octanol–water partition coefficient (Wildman–Crippen LogP) is 3.83. The van der Waals surface area contributed by atoms with Crippen molar-refractivity contribution in [3.63, 3.8) is 0 Å². The lowest BCUT2D eigenvalue weighted by molar-refractivity contribution is 0.0154. The molecule has 0 amide bonds. The van der Waals surface area contributed by atoms with E-state index < -0.39 is 11.6 Å². The first-order chi connectivity index (χ1) is 14.5. The molecule has 10 heteroatoms. The van der Waals surface area contributed by atoms with Crippen LogP contribution in [0.1, 0.15) is 11.7 Å². The number of ether oxygens (including phenoxy) is 2. The second-order valence-electron chi connectivity index (χ2n) is 6.80. The van der Waals surface area contributed by atoms with Gasteiger partial charge in [-0.05, 0) is 29.8 Å². The van der Waals surface area contributed by atoms with Crippen LogP contribution in [0.5, 0.6) is 5.75 Å². The molecule has 2 aromatic carbocycles. The van der Waals surface area contributed by atoms with Gasteiger partial charge in [0.05, 0.1) is 34.9 Å². The summed E-state index contributed by atoms with van der Waals surface area (Å²) in [5, 5.41) is 7.78. The Kier molecular flexibility index (Phi) is 6.38. The van der Waals surface area contributed by atoms with Crippen LogP contribution in [0.3, 0.4) is 0 Å².